The third-order valence-electron chi connectivity index (χ3n) is 4.46. The lowest BCUT2D eigenvalue weighted by Gasteiger charge is -2.25. The summed E-state index contributed by atoms with van der Waals surface area (Å²) in [5.74, 6) is 0.776. The van der Waals surface area contributed by atoms with Crippen LogP contribution < -0.4 is 4.72 Å². The second kappa shape index (κ2) is 6.83. The van der Waals surface area contributed by atoms with Crippen LogP contribution >= 0.6 is 11.7 Å². The van der Waals surface area contributed by atoms with E-state index in [0.29, 0.717) is 11.0 Å². The van der Waals surface area contributed by atoms with Crippen molar-refractivity contribution in [1.29, 1.82) is 0 Å². The van der Waals surface area contributed by atoms with E-state index in [9.17, 15) is 8.42 Å². The van der Waals surface area contributed by atoms with Crippen molar-refractivity contribution in [3.8, 4) is 0 Å². The highest BCUT2D eigenvalue weighted by atomic mass is 32.2. The number of hydrogen-bond acceptors (Lipinski definition) is 7. The van der Waals surface area contributed by atoms with Crippen LogP contribution in [0.3, 0.4) is 0 Å². The van der Waals surface area contributed by atoms with Gasteiger partial charge in [0.05, 0.1) is 24.0 Å². The summed E-state index contributed by atoms with van der Waals surface area (Å²) in [5, 5.41) is 0. The summed E-state index contributed by atoms with van der Waals surface area (Å²) in [4.78, 5) is 2.42. The second-order valence-corrected chi connectivity index (χ2v) is 8.28. The zero-order chi connectivity index (χ0) is 17.3. The van der Waals surface area contributed by atoms with Crippen LogP contribution in [0.4, 0.5) is 0 Å². The molecule has 1 aromatic carbocycles. The lowest BCUT2D eigenvalue weighted by molar-refractivity contribution is 0.216. The molecule has 3 heterocycles. The number of benzene rings is 1. The average Bonchev–Trinajstić information content (AvgIpc) is 3.36. The zero-order valence-corrected chi connectivity index (χ0v) is 15.1. The van der Waals surface area contributed by atoms with Crippen LogP contribution in [0.2, 0.25) is 0 Å². The number of rotatable bonds is 6. The molecule has 9 heteroatoms. The van der Waals surface area contributed by atoms with Crippen molar-refractivity contribution < 1.29 is 12.8 Å². The van der Waals surface area contributed by atoms with E-state index in [1.165, 1.54) is 0 Å². The minimum absolute atomic E-state index is 0.111. The summed E-state index contributed by atoms with van der Waals surface area (Å²) < 4.78 is 42.1. The number of hydrogen-bond donors (Lipinski definition) is 1. The van der Waals surface area contributed by atoms with E-state index < -0.39 is 10.0 Å². The Morgan fingerprint density at radius 3 is 2.80 bits per heavy atom. The molecule has 4 rings (SSSR count). The highest BCUT2D eigenvalue weighted by Gasteiger charge is 2.28. The van der Waals surface area contributed by atoms with Crippen molar-refractivity contribution in [3.05, 3.63) is 42.4 Å². The summed E-state index contributed by atoms with van der Waals surface area (Å²) in [7, 11) is -3.69. The van der Waals surface area contributed by atoms with Gasteiger partial charge >= 0.3 is 0 Å². The molecule has 1 aliphatic heterocycles. The molecule has 0 bridgehead atoms. The first-order valence-electron chi connectivity index (χ1n) is 8.13. The minimum Gasteiger partial charge on any atom is -0.468 e. The van der Waals surface area contributed by atoms with E-state index in [2.05, 4.69) is 18.4 Å². The fourth-order valence-electron chi connectivity index (χ4n) is 3.21. The fourth-order valence-corrected chi connectivity index (χ4v) is 5.01. The van der Waals surface area contributed by atoms with Gasteiger partial charge in [0.2, 0.25) is 10.0 Å². The summed E-state index contributed by atoms with van der Waals surface area (Å²) in [6, 6.07) is 8.61. The first kappa shape index (κ1) is 16.6. The van der Waals surface area contributed by atoms with E-state index >= 15 is 0 Å². The van der Waals surface area contributed by atoms with Crippen molar-refractivity contribution in [2.24, 2.45) is 0 Å². The first-order chi connectivity index (χ1) is 12.1. The van der Waals surface area contributed by atoms with Gasteiger partial charge in [-0.2, -0.15) is 8.75 Å². The van der Waals surface area contributed by atoms with E-state index in [4.69, 9.17) is 4.42 Å². The second-order valence-electron chi connectivity index (χ2n) is 6.01. The Bertz CT molecular complexity index is 947. The minimum atomic E-state index is -3.69. The molecule has 0 amide bonds. The van der Waals surface area contributed by atoms with Crippen LogP contribution in [0.25, 0.3) is 11.0 Å². The van der Waals surface area contributed by atoms with Crippen LogP contribution in [0, 0.1) is 0 Å². The van der Waals surface area contributed by atoms with Gasteiger partial charge < -0.3 is 4.42 Å². The Hall–Kier alpha value is -1.81. The van der Waals surface area contributed by atoms with Gasteiger partial charge in [0, 0.05) is 6.54 Å². The highest BCUT2D eigenvalue weighted by molar-refractivity contribution is 7.89. The van der Waals surface area contributed by atoms with Crippen LogP contribution in [-0.2, 0) is 10.0 Å². The van der Waals surface area contributed by atoms with Gasteiger partial charge in [-0.3, -0.25) is 4.90 Å². The molecule has 25 heavy (non-hydrogen) atoms. The molecular formula is C16H18N4O3S2. The van der Waals surface area contributed by atoms with Crippen molar-refractivity contribution >= 4 is 32.8 Å². The van der Waals surface area contributed by atoms with Crippen molar-refractivity contribution in [2.45, 2.75) is 23.8 Å². The number of aromatic nitrogens is 2. The molecule has 0 aliphatic carbocycles. The van der Waals surface area contributed by atoms with Crippen LogP contribution in [0.1, 0.15) is 24.6 Å². The zero-order valence-electron chi connectivity index (χ0n) is 13.5. The summed E-state index contributed by atoms with van der Waals surface area (Å²) in [6.07, 6.45) is 3.86. The van der Waals surface area contributed by atoms with Gasteiger partial charge in [0.15, 0.2) is 0 Å². The summed E-state index contributed by atoms with van der Waals surface area (Å²) in [5.41, 5.74) is 1.01. The molecule has 0 radical (unpaired) electrons. The molecule has 1 N–H and O–H groups in total. The van der Waals surface area contributed by atoms with E-state index in [0.717, 1.165) is 43.4 Å². The smallest absolute Gasteiger partial charge is 0.242 e. The third-order valence-corrected chi connectivity index (χ3v) is 6.46. The highest BCUT2D eigenvalue weighted by Crippen LogP contribution is 2.26. The molecule has 7 nitrogen and oxygen atoms in total. The van der Waals surface area contributed by atoms with Gasteiger partial charge in [-0.15, -0.1) is 0 Å². The third kappa shape index (κ3) is 3.32. The van der Waals surface area contributed by atoms with Gasteiger partial charge in [0.1, 0.15) is 21.7 Å². The Labute approximate surface area is 150 Å². The predicted octanol–water partition coefficient (Wildman–Crippen LogP) is 2.40. The Morgan fingerprint density at radius 2 is 2.04 bits per heavy atom. The first-order valence-corrected chi connectivity index (χ1v) is 10.3. The molecule has 3 aromatic rings. The van der Waals surface area contributed by atoms with Crippen molar-refractivity contribution in [2.75, 3.05) is 19.6 Å². The van der Waals surface area contributed by atoms with Gasteiger partial charge in [-0.05, 0) is 50.2 Å². The SMILES string of the molecule is O=S(=O)(NC[C@@H](c1ccco1)N1CCCC1)c1cccc2nsnc12. The predicted molar refractivity (Wildman–Crippen MR) is 94.9 cm³/mol. The topological polar surface area (TPSA) is 88.3 Å². The van der Waals surface area contributed by atoms with Gasteiger partial charge in [0.25, 0.3) is 0 Å². The van der Waals surface area contributed by atoms with Crippen molar-refractivity contribution in [3.63, 3.8) is 0 Å². The molecule has 1 atom stereocenters. The number of furan rings is 1. The van der Waals surface area contributed by atoms with E-state index in [-0.39, 0.29) is 17.5 Å². The molecule has 1 fully saturated rings. The molecule has 2 aromatic heterocycles. The molecule has 0 saturated carbocycles. The normalized spacial score (nSPS) is 17.3. The molecule has 132 valence electrons. The monoisotopic (exact) mass is 378 g/mol. The molecule has 0 spiro atoms. The van der Waals surface area contributed by atoms with Gasteiger partial charge in [-0.1, -0.05) is 6.07 Å². The number of likely N-dealkylation sites (tertiary alicyclic amines) is 1. The quantitative estimate of drug-likeness (QED) is 0.709. The number of sulfonamides is 1. The standard InChI is InChI=1S/C16H18N4O3S2/c21-25(22,15-7-3-5-12-16(15)19-24-18-12)17-11-13(14-6-4-10-23-14)20-8-1-2-9-20/h3-7,10,13,17H,1-2,8-9,11H2/t13-/m0/s1. The maximum absolute atomic E-state index is 12.8. The lowest BCUT2D eigenvalue weighted by atomic mass is 10.2. The van der Waals surface area contributed by atoms with Crippen LogP contribution in [0.5, 0.6) is 0 Å². The number of nitrogens with one attached hydrogen (secondary N) is 1. The molecule has 1 aliphatic rings. The van der Waals surface area contributed by atoms with E-state index in [1.807, 2.05) is 12.1 Å². The van der Waals surface area contributed by atoms with Crippen molar-refractivity contribution in [1.82, 2.24) is 18.4 Å². The average molecular weight is 378 g/mol. The Morgan fingerprint density at radius 1 is 1.20 bits per heavy atom. The Kier molecular flexibility index (Phi) is 4.55. The van der Waals surface area contributed by atoms with E-state index in [1.54, 1.807) is 24.5 Å². The largest absolute Gasteiger partial charge is 0.468 e. The fraction of sp³-hybridized carbons (Fsp3) is 0.375. The Balaban J connectivity index is 1.58. The van der Waals surface area contributed by atoms with Gasteiger partial charge in [-0.25, -0.2) is 13.1 Å². The summed E-state index contributed by atoms with van der Waals surface area (Å²) in [6.45, 7) is 2.14. The lowest BCUT2D eigenvalue weighted by Crippen LogP contribution is -2.36. The number of nitrogens with zero attached hydrogens (tertiary/aromatic N) is 3. The molecular weight excluding hydrogens is 360 g/mol. The van der Waals surface area contributed by atoms with Crippen LogP contribution in [0.15, 0.2) is 45.9 Å². The van der Waals surface area contributed by atoms with Crippen LogP contribution in [-0.4, -0.2) is 41.7 Å². The maximum atomic E-state index is 12.8. The maximum Gasteiger partial charge on any atom is 0.242 e. The molecule has 1 saturated heterocycles. The molecule has 0 unspecified atom stereocenters. The summed E-state index contributed by atoms with van der Waals surface area (Å²) >= 11 is 1.01. The number of fused-ring (bicyclic) bond motifs is 1.